The lowest BCUT2D eigenvalue weighted by atomic mass is 10.2. The highest BCUT2D eigenvalue weighted by Gasteiger charge is 2.23. The lowest BCUT2D eigenvalue weighted by Crippen LogP contribution is -2.43. The fourth-order valence-corrected chi connectivity index (χ4v) is 2.79. The van der Waals surface area contributed by atoms with Crippen LogP contribution in [0.25, 0.3) is 0 Å². The van der Waals surface area contributed by atoms with E-state index in [1.807, 2.05) is 5.32 Å². The molecular formula is C21H19NO10S. The third-order valence-electron chi connectivity index (χ3n) is 3.72. The molecule has 0 heterocycles. The largest absolute Gasteiger partial charge is 0.480 e. The summed E-state index contributed by atoms with van der Waals surface area (Å²) in [4.78, 5) is 58.2. The zero-order chi connectivity index (χ0) is 24.1. The lowest BCUT2D eigenvalue weighted by molar-refractivity contribution is -0.138. The van der Waals surface area contributed by atoms with Crippen molar-refractivity contribution in [2.75, 3.05) is 19.3 Å². The van der Waals surface area contributed by atoms with Gasteiger partial charge in [-0.15, -0.1) is 0 Å². The summed E-state index contributed by atoms with van der Waals surface area (Å²) in [5, 5.41) is 10.3. The number of ether oxygens (including phenoxy) is 4. The summed E-state index contributed by atoms with van der Waals surface area (Å²) in [6, 6.07) is 14.5. The standard InChI is InChI=1S/C21H19NO10S/c23-17(24)16(22-20(27)31-12-29-18(25)14-7-3-1-4-8-14)11-33-21(28)32-13-30-19(26)15-9-5-2-6-10-15/h1-10,16H,11-13H2,(H,22,27)(H,23,24)/t16-/m0/s1. The van der Waals surface area contributed by atoms with Gasteiger partial charge in [0.25, 0.3) is 0 Å². The summed E-state index contributed by atoms with van der Waals surface area (Å²) in [5.41, 5.74) is 0.513. The van der Waals surface area contributed by atoms with E-state index < -0.39 is 54.7 Å². The van der Waals surface area contributed by atoms with Crippen LogP contribution in [0.15, 0.2) is 60.7 Å². The quantitative estimate of drug-likeness (QED) is 0.383. The van der Waals surface area contributed by atoms with Gasteiger partial charge in [0, 0.05) is 5.75 Å². The van der Waals surface area contributed by atoms with E-state index in [4.69, 9.17) is 9.47 Å². The Kier molecular flexibility index (Phi) is 10.2. The fourth-order valence-electron chi connectivity index (χ4n) is 2.13. The van der Waals surface area contributed by atoms with Crippen molar-refractivity contribution in [3.8, 4) is 0 Å². The summed E-state index contributed by atoms with van der Waals surface area (Å²) < 4.78 is 18.8. The Hall–Kier alpha value is -4.06. The first kappa shape index (κ1) is 25.2. The number of amides is 1. The Morgan fingerprint density at radius 1 is 0.758 bits per heavy atom. The predicted molar refractivity (Wildman–Crippen MR) is 113 cm³/mol. The molecule has 0 aromatic heterocycles. The molecule has 2 N–H and O–H groups in total. The molecule has 0 radical (unpaired) electrons. The van der Waals surface area contributed by atoms with Crippen LogP contribution in [-0.4, -0.2) is 59.8 Å². The molecule has 0 saturated heterocycles. The van der Waals surface area contributed by atoms with Gasteiger partial charge in [0.2, 0.25) is 13.6 Å². The number of hydrogen-bond acceptors (Lipinski definition) is 10. The predicted octanol–water partition coefficient (Wildman–Crippen LogP) is 2.66. The number of aliphatic carboxylic acids is 1. The molecule has 174 valence electrons. The minimum atomic E-state index is -1.51. The highest BCUT2D eigenvalue weighted by Crippen LogP contribution is 2.09. The van der Waals surface area contributed by atoms with Gasteiger partial charge in [-0.1, -0.05) is 36.4 Å². The molecular weight excluding hydrogens is 458 g/mol. The second-order valence-electron chi connectivity index (χ2n) is 6.00. The number of alkyl carbamates (subject to hydrolysis) is 1. The van der Waals surface area contributed by atoms with Gasteiger partial charge < -0.3 is 29.4 Å². The van der Waals surface area contributed by atoms with Gasteiger partial charge in [-0.05, 0) is 36.0 Å². The number of rotatable bonds is 10. The Labute approximate surface area is 192 Å². The first-order valence-corrected chi connectivity index (χ1v) is 10.3. The molecule has 0 aliphatic rings. The highest BCUT2D eigenvalue weighted by atomic mass is 32.2. The second-order valence-corrected chi connectivity index (χ2v) is 6.96. The third kappa shape index (κ3) is 9.31. The van der Waals surface area contributed by atoms with Crippen LogP contribution in [0.1, 0.15) is 20.7 Å². The molecule has 0 bridgehead atoms. The van der Waals surface area contributed by atoms with Crippen molar-refractivity contribution in [1.29, 1.82) is 0 Å². The third-order valence-corrected chi connectivity index (χ3v) is 4.58. The number of nitrogens with one attached hydrogen (secondary N) is 1. The SMILES string of the molecule is O=C(N[C@@H](CSC(=O)OCOC(=O)c1ccccc1)C(=O)O)OCOC(=O)c1ccccc1. The molecule has 0 spiro atoms. The minimum absolute atomic E-state index is 0.245. The van der Waals surface area contributed by atoms with Crippen LogP contribution in [0.2, 0.25) is 0 Å². The minimum Gasteiger partial charge on any atom is -0.480 e. The van der Waals surface area contributed by atoms with Gasteiger partial charge in [-0.3, -0.25) is 0 Å². The van der Waals surface area contributed by atoms with Crippen molar-refractivity contribution in [2.45, 2.75) is 6.04 Å². The summed E-state index contributed by atoms with van der Waals surface area (Å²) in [6.45, 7) is -1.41. The van der Waals surface area contributed by atoms with E-state index in [1.165, 1.54) is 24.3 Å². The Morgan fingerprint density at radius 3 is 1.73 bits per heavy atom. The first-order valence-electron chi connectivity index (χ1n) is 9.27. The molecule has 0 aliphatic carbocycles. The Bertz CT molecular complexity index is 968. The van der Waals surface area contributed by atoms with Crippen molar-refractivity contribution in [3.63, 3.8) is 0 Å². The van der Waals surface area contributed by atoms with Crippen LogP contribution in [0.5, 0.6) is 0 Å². The van der Waals surface area contributed by atoms with E-state index in [0.717, 1.165) is 0 Å². The summed E-state index contributed by atoms with van der Waals surface area (Å²) >= 11 is 0.439. The van der Waals surface area contributed by atoms with Crippen molar-refractivity contribution in [2.24, 2.45) is 0 Å². The number of carboxylic acids is 1. The van der Waals surface area contributed by atoms with E-state index in [1.54, 1.807) is 36.4 Å². The average molecular weight is 477 g/mol. The smallest absolute Gasteiger partial charge is 0.410 e. The van der Waals surface area contributed by atoms with Crippen molar-refractivity contribution < 1.29 is 48.0 Å². The molecule has 0 aliphatic heterocycles. The number of carbonyl (C=O) groups is 5. The van der Waals surface area contributed by atoms with E-state index in [9.17, 15) is 29.1 Å². The van der Waals surface area contributed by atoms with Crippen LogP contribution in [-0.2, 0) is 23.7 Å². The van der Waals surface area contributed by atoms with Crippen LogP contribution in [0, 0.1) is 0 Å². The maximum Gasteiger partial charge on any atom is 0.410 e. The van der Waals surface area contributed by atoms with E-state index in [2.05, 4.69) is 9.47 Å². The van der Waals surface area contributed by atoms with Gasteiger partial charge in [0.05, 0.1) is 11.1 Å². The van der Waals surface area contributed by atoms with Gasteiger partial charge in [0.1, 0.15) is 6.04 Å². The van der Waals surface area contributed by atoms with E-state index in [-0.39, 0.29) is 11.1 Å². The zero-order valence-electron chi connectivity index (χ0n) is 17.0. The van der Waals surface area contributed by atoms with Crippen LogP contribution < -0.4 is 5.32 Å². The molecule has 2 aromatic rings. The van der Waals surface area contributed by atoms with E-state index in [0.29, 0.717) is 11.8 Å². The van der Waals surface area contributed by atoms with Crippen molar-refractivity contribution >= 4 is 41.1 Å². The summed E-state index contributed by atoms with van der Waals surface area (Å²) in [7, 11) is 0. The average Bonchev–Trinajstić information content (AvgIpc) is 2.82. The number of carboxylic acid groups (broad SMARTS) is 1. The summed E-state index contributed by atoms with van der Waals surface area (Å²) in [5.74, 6) is -3.28. The Balaban J connectivity index is 1.66. The zero-order valence-corrected chi connectivity index (χ0v) is 17.8. The molecule has 11 nitrogen and oxygen atoms in total. The molecule has 0 fully saturated rings. The maximum absolute atomic E-state index is 11.7. The molecule has 33 heavy (non-hydrogen) atoms. The first-order chi connectivity index (χ1) is 15.9. The molecule has 2 aromatic carbocycles. The molecule has 1 atom stereocenters. The number of hydrogen-bond donors (Lipinski definition) is 2. The molecule has 12 heteroatoms. The van der Waals surface area contributed by atoms with Gasteiger partial charge in [-0.2, -0.15) is 0 Å². The molecule has 2 rings (SSSR count). The van der Waals surface area contributed by atoms with Gasteiger partial charge >= 0.3 is 29.3 Å². The van der Waals surface area contributed by atoms with Gasteiger partial charge in [-0.25, -0.2) is 24.0 Å². The van der Waals surface area contributed by atoms with E-state index >= 15 is 0 Å². The topological polar surface area (TPSA) is 155 Å². The fraction of sp³-hybridized carbons (Fsp3) is 0.190. The number of benzene rings is 2. The molecule has 1 amide bonds. The molecule has 0 unspecified atom stereocenters. The maximum atomic E-state index is 11.7. The van der Waals surface area contributed by atoms with Crippen LogP contribution in [0.4, 0.5) is 9.59 Å². The summed E-state index contributed by atoms with van der Waals surface area (Å²) in [6.07, 6.45) is -1.17. The number of esters is 2. The van der Waals surface area contributed by atoms with Crippen molar-refractivity contribution in [1.82, 2.24) is 5.32 Å². The monoisotopic (exact) mass is 477 g/mol. The molecule has 0 saturated carbocycles. The van der Waals surface area contributed by atoms with Crippen molar-refractivity contribution in [3.05, 3.63) is 71.8 Å². The van der Waals surface area contributed by atoms with Crippen LogP contribution in [0.3, 0.4) is 0 Å². The number of carbonyl (C=O) groups excluding carboxylic acids is 4. The lowest BCUT2D eigenvalue weighted by Gasteiger charge is -2.14. The van der Waals surface area contributed by atoms with Gasteiger partial charge in [0.15, 0.2) is 0 Å². The Morgan fingerprint density at radius 2 is 1.24 bits per heavy atom. The number of thioether (sulfide) groups is 1. The normalized spacial score (nSPS) is 10.9. The second kappa shape index (κ2) is 13.4. The highest BCUT2D eigenvalue weighted by molar-refractivity contribution is 8.13. The van der Waals surface area contributed by atoms with Crippen LogP contribution >= 0.6 is 11.8 Å².